The summed E-state index contributed by atoms with van der Waals surface area (Å²) in [4.78, 5) is 0. The standard InChI is InChI=1S/C15H20.C5H12.C2H6/c1-6-8-9-10-14(5)11-12-15(7-2)13(3)4;1-3-5-4-2;1-2/h6-12H,3,5H2,1-2,4H3;3-5H2,1-2H3;1-2H3/b8-6-,10-9-,12-11-,15-7+;;. The van der Waals surface area contributed by atoms with Crippen molar-refractivity contribution in [3.8, 4) is 0 Å². The topological polar surface area (TPSA) is 0 Å². The quantitative estimate of drug-likeness (QED) is 0.418. The van der Waals surface area contributed by atoms with Crippen molar-refractivity contribution in [3.63, 3.8) is 0 Å². The molecule has 0 aliphatic carbocycles. The predicted octanol–water partition coefficient (Wildman–Crippen LogP) is 7.98. The SMILES string of the molecule is C=C(/C=C\C=C/C)/C=C\C(=C/C)C(=C)C.CC.CCCCC. The first kappa shape index (κ1) is 25.4. The zero-order valence-corrected chi connectivity index (χ0v) is 16.1. The summed E-state index contributed by atoms with van der Waals surface area (Å²) in [6, 6.07) is 0. The van der Waals surface area contributed by atoms with E-state index in [0.717, 1.165) is 16.7 Å². The molecular formula is C22H38. The van der Waals surface area contributed by atoms with E-state index in [0.29, 0.717) is 0 Å². The van der Waals surface area contributed by atoms with Crippen LogP contribution < -0.4 is 0 Å². The molecule has 126 valence electrons. The fraction of sp³-hybridized carbons (Fsp3) is 0.455. The highest BCUT2D eigenvalue weighted by molar-refractivity contribution is 5.41. The minimum atomic E-state index is 0.980. The van der Waals surface area contributed by atoms with E-state index in [4.69, 9.17) is 0 Å². The molecule has 0 heteroatoms. The number of allylic oxidation sites excluding steroid dienone is 10. The second-order valence-corrected chi connectivity index (χ2v) is 4.67. The lowest BCUT2D eigenvalue weighted by Gasteiger charge is -1.98. The van der Waals surface area contributed by atoms with E-state index in [9.17, 15) is 0 Å². The van der Waals surface area contributed by atoms with Gasteiger partial charge in [-0.15, -0.1) is 0 Å². The smallest absolute Gasteiger partial charge is 0.0276 e. The Kier molecular flexibility index (Phi) is 25.1. The summed E-state index contributed by atoms with van der Waals surface area (Å²) in [6.07, 6.45) is 18.1. The van der Waals surface area contributed by atoms with Crippen LogP contribution in [0.4, 0.5) is 0 Å². The molecule has 0 radical (unpaired) electrons. The normalized spacial score (nSPS) is 11.1. The Hall–Kier alpha value is -1.56. The molecule has 0 atom stereocenters. The van der Waals surface area contributed by atoms with Crippen molar-refractivity contribution in [3.05, 3.63) is 72.4 Å². The summed E-state index contributed by atoms with van der Waals surface area (Å²) in [5.41, 5.74) is 3.20. The summed E-state index contributed by atoms with van der Waals surface area (Å²) in [5, 5.41) is 0. The molecule has 0 aromatic heterocycles. The summed E-state index contributed by atoms with van der Waals surface area (Å²) in [7, 11) is 0. The molecule has 0 amide bonds. The molecule has 0 aromatic carbocycles. The van der Waals surface area contributed by atoms with Gasteiger partial charge in [-0.1, -0.05) is 108 Å². The predicted molar refractivity (Wildman–Crippen MR) is 107 cm³/mol. The summed E-state index contributed by atoms with van der Waals surface area (Å²) in [5.74, 6) is 0. The summed E-state index contributed by atoms with van der Waals surface area (Å²) >= 11 is 0. The van der Waals surface area contributed by atoms with Crippen LogP contribution in [0.25, 0.3) is 0 Å². The molecule has 0 heterocycles. The minimum Gasteiger partial charge on any atom is -0.0955 e. The van der Waals surface area contributed by atoms with E-state index in [1.165, 1.54) is 19.3 Å². The molecule has 0 aliphatic rings. The lowest BCUT2D eigenvalue weighted by molar-refractivity contribution is 0.772. The van der Waals surface area contributed by atoms with Gasteiger partial charge in [-0.2, -0.15) is 0 Å². The van der Waals surface area contributed by atoms with Crippen LogP contribution in [0.1, 0.15) is 67.7 Å². The van der Waals surface area contributed by atoms with Crippen molar-refractivity contribution in [1.29, 1.82) is 0 Å². The van der Waals surface area contributed by atoms with Crippen LogP contribution in [0.15, 0.2) is 72.4 Å². The van der Waals surface area contributed by atoms with Crippen molar-refractivity contribution in [2.45, 2.75) is 67.7 Å². The Balaban J connectivity index is -0.000000434. The molecule has 0 saturated heterocycles. The molecule has 0 fully saturated rings. The zero-order valence-electron chi connectivity index (χ0n) is 16.1. The second-order valence-electron chi connectivity index (χ2n) is 4.67. The fourth-order valence-corrected chi connectivity index (χ4v) is 1.38. The molecule has 0 rings (SSSR count). The van der Waals surface area contributed by atoms with E-state index in [-0.39, 0.29) is 0 Å². The monoisotopic (exact) mass is 302 g/mol. The third-order valence-electron chi connectivity index (χ3n) is 2.60. The van der Waals surface area contributed by atoms with Crippen LogP contribution in [-0.2, 0) is 0 Å². The van der Waals surface area contributed by atoms with Gasteiger partial charge in [-0.3, -0.25) is 0 Å². The van der Waals surface area contributed by atoms with Gasteiger partial charge in [-0.25, -0.2) is 0 Å². The molecule has 0 unspecified atom stereocenters. The second kappa shape index (κ2) is 21.7. The Morgan fingerprint density at radius 3 is 1.73 bits per heavy atom. The highest BCUT2D eigenvalue weighted by Gasteiger charge is 1.89. The largest absolute Gasteiger partial charge is 0.0955 e. The van der Waals surface area contributed by atoms with Crippen LogP contribution in [0.2, 0.25) is 0 Å². The third-order valence-corrected chi connectivity index (χ3v) is 2.60. The molecule has 0 aromatic rings. The van der Waals surface area contributed by atoms with E-state index in [2.05, 4.69) is 27.0 Å². The van der Waals surface area contributed by atoms with E-state index < -0.39 is 0 Å². The molecule has 0 spiro atoms. The van der Waals surface area contributed by atoms with Gasteiger partial charge in [0.25, 0.3) is 0 Å². The maximum absolute atomic E-state index is 3.93. The first-order valence-electron chi connectivity index (χ1n) is 8.51. The third kappa shape index (κ3) is 20.8. The van der Waals surface area contributed by atoms with E-state index in [1.54, 1.807) is 0 Å². The van der Waals surface area contributed by atoms with Gasteiger partial charge in [0.15, 0.2) is 0 Å². The van der Waals surface area contributed by atoms with Crippen molar-refractivity contribution in [2.75, 3.05) is 0 Å². The molecule has 0 N–H and O–H groups in total. The van der Waals surface area contributed by atoms with E-state index in [1.807, 2.05) is 77.2 Å². The van der Waals surface area contributed by atoms with Crippen molar-refractivity contribution < 1.29 is 0 Å². The van der Waals surface area contributed by atoms with Gasteiger partial charge in [-0.05, 0) is 31.9 Å². The Labute approximate surface area is 140 Å². The van der Waals surface area contributed by atoms with E-state index >= 15 is 0 Å². The van der Waals surface area contributed by atoms with Crippen molar-refractivity contribution in [2.24, 2.45) is 0 Å². The number of unbranched alkanes of at least 4 members (excludes halogenated alkanes) is 2. The Morgan fingerprint density at radius 1 is 0.864 bits per heavy atom. The van der Waals surface area contributed by atoms with Crippen LogP contribution in [0.3, 0.4) is 0 Å². The average molecular weight is 303 g/mol. The van der Waals surface area contributed by atoms with Crippen LogP contribution in [-0.4, -0.2) is 0 Å². The van der Waals surface area contributed by atoms with Gasteiger partial charge in [0.2, 0.25) is 0 Å². The van der Waals surface area contributed by atoms with Crippen LogP contribution >= 0.6 is 0 Å². The van der Waals surface area contributed by atoms with Gasteiger partial charge in [0.1, 0.15) is 0 Å². The first-order chi connectivity index (χ1) is 10.5. The summed E-state index contributed by atoms with van der Waals surface area (Å²) in [6.45, 7) is 22.2. The molecule has 0 aliphatic heterocycles. The highest BCUT2D eigenvalue weighted by Crippen LogP contribution is 2.09. The van der Waals surface area contributed by atoms with Gasteiger partial charge in [0.05, 0.1) is 0 Å². The maximum atomic E-state index is 3.93. The molecule has 0 saturated carbocycles. The first-order valence-corrected chi connectivity index (χ1v) is 8.51. The molecular weight excluding hydrogens is 264 g/mol. The average Bonchev–Trinajstić information content (AvgIpc) is 2.51. The van der Waals surface area contributed by atoms with Crippen molar-refractivity contribution in [1.82, 2.24) is 0 Å². The fourth-order valence-electron chi connectivity index (χ4n) is 1.38. The zero-order chi connectivity index (χ0) is 17.8. The van der Waals surface area contributed by atoms with Crippen LogP contribution in [0, 0.1) is 0 Å². The summed E-state index contributed by atoms with van der Waals surface area (Å²) < 4.78 is 0. The molecule has 22 heavy (non-hydrogen) atoms. The number of rotatable bonds is 7. The molecule has 0 nitrogen and oxygen atoms in total. The Bertz CT molecular complexity index is 371. The van der Waals surface area contributed by atoms with Crippen LogP contribution in [0.5, 0.6) is 0 Å². The minimum absolute atomic E-state index is 0.980. The lowest BCUT2D eigenvalue weighted by atomic mass is 10.1. The number of hydrogen-bond donors (Lipinski definition) is 0. The Morgan fingerprint density at radius 2 is 1.41 bits per heavy atom. The van der Waals surface area contributed by atoms with Crippen molar-refractivity contribution >= 4 is 0 Å². The number of hydrogen-bond acceptors (Lipinski definition) is 0. The van der Waals surface area contributed by atoms with Gasteiger partial charge in [0, 0.05) is 0 Å². The van der Waals surface area contributed by atoms with Gasteiger partial charge >= 0.3 is 0 Å². The maximum Gasteiger partial charge on any atom is -0.0276 e. The molecule has 0 bridgehead atoms. The lowest BCUT2D eigenvalue weighted by Crippen LogP contribution is -1.78. The highest BCUT2D eigenvalue weighted by atomic mass is 13.9. The van der Waals surface area contributed by atoms with Gasteiger partial charge < -0.3 is 0 Å².